The molecular formula is C20H32O3Si. The van der Waals surface area contributed by atoms with Crippen molar-refractivity contribution >= 4 is 8.32 Å². The third-order valence-corrected chi connectivity index (χ3v) is 10.8. The molecule has 1 aromatic carbocycles. The van der Waals surface area contributed by atoms with Gasteiger partial charge in [0, 0.05) is 0 Å². The van der Waals surface area contributed by atoms with E-state index in [-0.39, 0.29) is 0 Å². The Hall–Kier alpha value is -1.28. The molecule has 0 aliphatic rings. The Morgan fingerprint density at radius 3 is 1.88 bits per heavy atom. The van der Waals surface area contributed by atoms with Crippen molar-refractivity contribution < 1.29 is 14.3 Å². The molecule has 1 aromatic rings. The van der Waals surface area contributed by atoms with Gasteiger partial charge in [-0.3, -0.25) is 0 Å². The number of methoxy groups -OCH3 is 1. The second kappa shape index (κ2) is 9.27. The molecule has 1 rings (SSSR count). The van der Waals surface area contributed by atoms with Crippen LogP contribution in [0.3, 0.4) is 0 Å². The Morgan fingerprint density at radius 2 is 1.46 bits per heavy atom. The summed E-state index contributed by atoms with van der Waals surface area (Å²) in [4.78, 5) is 0. The Balaban J connectivity index is 2.75. The van der Waals surface area contributed by atoms with Crippen LogP contribution in [0.25, 0.3) is 0 Å². The quantitative estimate of drug-likeness (QED) is 0.561. The van der Waals surface area contributed by atoms with Crippen molar-refractivity contribution in [2.45, 2.75) is 64.3 Å². The Morgan fingerprint density at radius 1 is 0.958 bits per heavy atom. The van der Waals surface area contributed by atoms with Gasteiger partial charge in [0.15, 0.2) is 0 Å². The summed E-state index contributed by atoms with van der Waals surface area (Å²) in [5, 5.41) is 10.2. The van der Waals surface area contributed by atoms with Gasteiger partial charge in [-0.2, -0.15) is 0 Å². The number of rotatable bonds is 7. The van der Waals surface area contributed by atoms with E-state index in [0.717, 1.165) is 11.3 Å². The molecule has 3 nitrogen and oxygen atoms in total. The molecule has 1 unspecified atom stereocenters. The summed E-state index contributed by atoms with van der Waals surface area (Å²) in [6, 6.07) is 7.30. The highest BCUT2D eigenvalue weighted by molar-refractivity contribution is 6.77. The normalized spacial score (nSPS) is 13.1. The van der Waals surface area contributed by atoms with Gasteiger partial charge in [0.1, 0.15) is 11.9 Å². The van der Waals surface area contributed by atoms with E-state index in [4.69, 9.17) is 9.16 Å². The van der Waals surface area contributed by atoms with Gasteiger partial charge in [-0.1, -0.05) is 65.5 Å². The monoisotopic (exact) mass is 348 g/mol. The van der Waals surface area contributed by atoms with Crippen molar-refractivity contribution in [1.82, 2.24) is 0 Å². The van der Waals surface area contributed by atoms with Crippen LogP contribution in [-0.4, -0.2) is 27.1 Å². The zero-order valence-electron chi connectivity index (χ0n) is 16.1. The fourth-order valence-corrected chi connectivity index (χ4v) is 8.99. The highest BCUT2D eigenvalue weighted by Gasteiger charge is 2.44. The van der Waals surface area contributed by atoms with Crippen molar-refractivity contribution in [3.8, 4) is 17.6 Å². The first-order valence-corrected chi connectivity index (χ1v) is 10.8. The molecular weight excluding hydrogens is 316 g/mol. The van der Waals surface area contributed by atoms with Gasteiger partial charge in [0.2, 0.25) is 8.32 Å². The molecule has 0 fully saturated rings. The fourth-order valence-electron chi connectivity index (χ4n) is 3.67. The summed E-state index contributed by atoms with van der Waals surface area (Å²) in [6.07, 6.45) is -0.798. The second-order valence-electron chi connectivity index (χ2n) is 7.10. The highest BCUT2D eigenvalue weighted by Crippen LogP contribution is 2.42. The van der Waals surface area contributed by atoms with Crippen molar-refractivity contribution in [3.63, 3.8) is 0 Å². The van der Waals surface area contributed by atoms with Crippen molar-refractivity contribution in [3.05, 3.63) is 29.8 Å². The van der Waals surface area contributed by atoms with Gasteiger partial charge in [0.05, 0.1) is 13.7 Å². The average Bonchev–Trinajstić information content (AvgIpc) is 2.53. The van der Waals surface area contributed by atoms with Crippen LogP contribution < -0.4 is 4.74 Å². The smallest absolute Gasteiger partial charge is 0.201 e. The van der Waals surface area contributed by atoms with E-state index in [2.05, 4.69) is 53.4 Å². The molecule has 1 atom stereocenters. The Bertz CT molecular complexity index is 531. The van der Waals surface area contributed by atoms with Crippen LogP contribution in [0, 0.1) is 11.8 Å². The van der Waals surface area contributed by atoms with E-state index >= 15 is 0 Å². The lowest BCUT2D eigenvalue weighted by Gasteiger charge is -2.41. The molecule has 134 valence electrons. The predicted octanol–water partition coefficient (Wildman–Crippen LogP) is 4.92. The average molecular weight is 349 g/mol. The maximum Gasteiger partial charge on any atom is 0.201 e. The predicted molar refractivity (Wildman–Crippen MR) is 103 cm³/mol. The van der Waals surface area contributed by atoms with Gasteiger partial charge in [-0.05, 0) is 34.3 Å². The molecule has 0 aromatic heterocycles. The maximum absolute atomic E-state index is 10.2. The van der Waals surface area contributed by atoms with Gasteiger partial charge < -0.3 is 14.3 Å². The van der Waals surface area contributed by atoms with Gasteiger partial charge >= 0.3 is 0 Å². The van der Waals surface area contributed by atoms with E-state index in [1.165, 1.54) is 0 Å². The van der Waals surface area contributed by atoms with E-state index in [1.54, 1.807) is 7.11 Å². The van der Waals surface area contributed by atoms with Crippen LogP contribution in [0.4, 0.5) is 0 Å². The molecule has 0 spiro atoms. The second-order valence-corrected chi connectivity index (χ2v) is 12.6. The lowest BCUT2D eigenvalue weighted by Crippen LogP contribution is -2.47. The van der Waals surface area contributed by atoms with E-state index in [9.17, 15) is 5.11 Å². The van der Waals surface area contributed by atoms with Gasteiger partial charge in [-0.25, -0.2) is 0 Å². The molecule has 0 heterocycles. The van der Waals surface area contributed by atoms with Gasteiger partial charge in [-0.15, -0.1) is 0 Å². The van der Waals surface area contributed by atoms with Gasteiger partial charge in [0.25, 0.3) is 0 Å². The molecule has 0 aliphatic carbocycles. The lowest BCUT2D eigenvalue weighted by molar-refractivity contribution is 0.237. The molecule has 24 heavy (non-hydrogen) atoms. The highest BCUT2D eigenvalue weighted by atomic mass is 28.4. The maximum atomic E-state index is 10.2. The van der Waals surface area contributed by atoms with Crippen molar-refractivity contribution in [2.75, 3.05) is 13.7 Å². The van der Waals surface area contributed by atoms with Crippen LogP contribution in [0.15, 0.2) is 24.3 Å². The largest absolute Gasteiger partial charge is 0.497 e. The number of benzene rings is 1. The molecule has 0 amide bonds. The molecule has 4 heteroatoms. The number of hydrogen-bond acceptors (Lipinski definition) is 3. The number of aliphatic hydroxyl groups excluding tert-OH is 1. The Labute approximate surface area is 148 Å². The summed E-state index contributed by atoms with van der Waals surface area (Å²) in [7, 11) is -0.270. The third kappa shape index (κ3) is 4.86. The fraction of sp³-hybridized carbons (Fsp3) is 0.600. The standard InChI is InChI=1S/C20H32O3Si/c1-15(2)24(16(3)4,17(5)6)23-14-8-9-20(21)18-10-12-19(22-7)13-11-18/h10-13,15-17,20-21H,14H2,1-7H3. The molecule has 0 aliphatic heterocycles. The molecule has 0 radical (unpaired) electrons. The first-order chi connectivity index (χ1) is 11.3. The molecule has 0 saturated heterocycles. The van der Waals surface area contributed by atoms with Crippen molar-refractivity contribution in [1.29, 1.82) is 0 Å². The summed E-state index contributed by atoms with van der Waals surface area (Å²) in [6.45, 7) is 13.9. The number of ether oxygens (including phenoxy) is 1. The first kappa shape index (κ1) is 20.8. The van der Waals surface area contributed by atoms with Crippen LogP contribution in [0.5, 0.6) is 5.75 Å². The lowest BCUT2D eigenvalue weighted by atomic mass is 10.1. The first-order valence-electron chi connectivity index (χ1n) is 8.70. The minimum atomic E-state index is -1.89. The van der Waals surface area contributed by atoms with Crippen LogP contribution in [-0.2, 0) is 4.43 Å². The minimum Gasteiger partial charge on any atom is -0.497 e. The van der Waals surface area contributed by atoms with Crippen LogP contribution in [0.2, 0.25) is 16.6 Å². The Kier molecular flexibility index (Phi) is 8.01. The zero-order valence-corrected chi connectivity index (χ0v) is 17.1. The minimum absolute atomic E-state index is 0.383. The number of aliphatic hydroxyl groups is 1. The van der Waals surface area contributed by atoms with Crippen LogP contribution >= 0.6 is 0 Å². The summed E-state index contributed by atoms with van der Waals surface area (Å²) >= 11 is 0. The molecule has 1 N–H and O–H groups in total. The SMILES string of the molecule is COc1ccc(C(O)C#CCO[Si](C(C)C)(C(C)C)C(C)C)cc1. The third-order valence-electron chi connectivity index (χ3n) is 4.77. The van der Waals surface area contributed by atoms with E-state index in [1.807, 2.05) is 24.3 Å². The summed E-state index contributed by atoms with van der Waals surface area (Å²) in [5.74, 6) is 6.67. The van der Waals surface area contributed by atoms with E-state index < -0.39 is 14.4 Å². The number of hydrogen-bond donors (Lipinski definition) is 1. The zero-order chi connectivity index (χ0) is 18.3. The summed E-state index contributed by atoms with van der Waals surface area (Å²) < 4.78 is 11.5. The van der Waals surface area contributed by atoms with E-state index in [0.29, 0.717) is 23.2 Å². The molecule has 0 saturated carbocycles. The molecule has 0 bridgehead atoms. The topological polar surface area (TPSA) is 38.7 Å². The van der Waals surface area contributed by atoms with Crippen molar-refractivity contribution in [2.24, 2.45) is 0 Å². The summed E-state index contributed by atoms with van der Waals surface area (Å²) in [5.41, 5.74) is 2.37. The van der Waals surface area contributed by atoms with Crippen LogP contribution in [0.1, 0.15) is 53.2 Å².